The van der Waals surface area contributed by atoms with Crippen LogP contribution in [0, 0.1) is 17.8 Å². The Labute approximate surface area is 288 Å². The molecule has 8 atom stereocenters. The van der Waals surface area contributed by atoms with Crippen LogP contribution in [-0.4, -0.2) is 63.2 Å². The van der Waals surface area contributed by atoms with Gasteiger partial charge in [-0.15, -0.1) is 0 Å². The molecule has 2 saturated heterocycles. The molecule has 8 heteroatoms. The smallest absolute Gasteiger partial charge is 0.338 e. The van der Waals surface area contributed by atoms with E-state index in [1.165, 1.54) is 20.0 Å². The predicted molar refractivity (Wildman–Crippen MR) is 186 cm³/mol. The first-order valence-corrected chi connectivity index (χ1v) is 18.7. The van der Waals surface area contributed by atoms with E-state index in [-0.39, 0.29) is 54.7 Å². The summed E-state index contributed by atoms with van der Waals surface area (Å²) in [6, 6.07) is 9.21. The number of esters is 2. The minimum atomic E-state index is -0.357. The summed E-state index contributed by atoms with van der Waals surface area (Å²) in [5, 5.41) is 0. The van der Waals surface area contributed by atoms with E-state index in [9.17, 15) is 9.59 Å². The lowest BCUT2D eigenvalue weighted by atomic mass is 9.88. The van der Waals surface area contributed by atoms with Crippen LogP contribution in [0.5, 0.6) is 0 Å². The van der Waals surface area contributed by atoms with E-state index in [0.29, 0.717) is 30.9 Å². The first kappa shape index (κ1) is 38.3. The van der Waals surface area contributed by atoms with Crippen molar-refractivity contribution in [3.05, 3.63) is 60.2 Å². The molecule has 1 saturated carbocycles. The first-order chi connectivity index (χ1) is 23.5. The van der Waals surface area contributed by atoms with E-state index in [4.69, 9.17) is 28.4 Å². The van der Waals surface area contributed by atoms with Gasteiger partial charge in [0.15, 0.2) is 12.6 Å². The molecule has 2 heterocycles. The molecule has 4 rings (SSSR count). The number of benzene rings is 1. The summed E-state index contributed by atoms with van der Waals surface area (Å²) in [4.78, 5) is 25.0. The number of hydrogen-bond donors (Lipinski definition) is 0. The van der Waals surface area contributed by atoms with Gasteiger partial charge in [-0.2, -0.15) is 0 Å². The van der Waals surface area contributed by atoms with E-state index >= 15 is 0 Å². The molecule has 8 nitrogen and oxygen atoms in total. The second-order valence-electron chi connectivity index (χ2n) is 13.8. The number of ether oxygens (including phenoxy) is 6. The summed E-state index contributed by atoms with van der Waals surface area (Å²) >= 11 is 0. The molecule has 0 radical (unpaired) electrons. The zero-order valence-corrected chi connectivity index (χ0v) is 29.6. The third-order valence-electron chi connectivity index (χ3n) is 9.85. The zero-order valence-electron chi connectivity index (χ0n) is 29.6. The Hall–Kier alpha value is -2.52. The van der Waals surface area contributed by atoms with Crippen molar-refractivity contribution in [1.29, 1.82) is 0 Å². The Bertz CT molecular complexity index is 1110. The monoisotopic (exact) mass is 668 g/mol. The molecule has 2 aliphatic heterocycles. The van der Waals surface area contributed by atoms with Crippen LogP contribution in [-0.2, 0) is 33.2 Å². The van der Waals surface area contributed by atoms with Gasteiger partial charge in [-0.05, 0) is 88.2 Å². The van der Waals surface area contributed by atoms with Gasteiger partial charge in [-0.25, -0.2) is 4.79 Å². The summed E-state index contributed by atoms with van der Waals surface area (Å²) < 4.78 is 36.4. The average Bonchev–Trinajstić information content (AvgIpc) is 3.43. The summed E-state index contributed by atoms with van der Waals surface area (Å²) in [7, 11) is 1.42. The van der Waals surface area contributed by atoms with Crippen molar-refractivity contribution >= 4 is 11.9 Å². The number of unbranched alkanes of at least 4 members (excludes halogenated alkanes) is 2. The van der Waals surface area contributed by atoms with Gasteiger partial charge in [0.05, 0.1) is 24.9 Å². The molecule has 0 spiro atoms. The standard InChI is InChI=1S/C40H60O8/c1-4-5-17-30(2)28-32(46-38-22-13-15-26-44-38)24-25-34-33(20-11-6-7-12-21-37(41)43-3)35(47-39-23-14-16-27-45-39)29-36(34)48-40(42)31-18-9-8-10-19-31/h6,8-11,18-19,24-25,30,32-36,38-39H,4-5,7,12-17,20-23,26-29H2,1-3H3/b11-6-,25-24+/t30-,32+,33+,34+,35-,36+,38?,39?/m0/s1. The Morgan fingerprint density at radius 3 is 2.40 bits per heavy atom. The van der Waals surface area contributed by atoms with E-state index in [1.807, 2.05) is 18.2 Å². The van der Waals surface area contributed by atoms with Crippen LogP contribution in [0.1, 0.15) is 121 Å². The van der Waals surface area contributed by atoms with E-state index < -0.39 is 0 Å². The zero-order chi connectivity index (χ0) is 34.0. The minimum absolute atomic E-state index is 0.0707. The maximum Gasteiger partial charge on any atom is 0.338 e. The van der Waals surface area contributed by atoms with Crippen molar-refractivity contribution in [3.63, 3.8) is 0 Å². The third kappa shape index (κ3) is 13.1. The highest BCUT2D eigenvalue weighted by Gasteiger charge is 2.45. The molecule has 268 valence electrons. The molecule has 0 amide bonds. The molecule has 2 unspecified atom stereocenters. The Balaban J connectivity index is 1.57. The van der Waals surface area contributed by atoms with Crippen LogP contribution in [0.2, 0.25) is 0 Å². The topological polar surface area (TPSA) is 89.5 Å². The van der Waals surface area contributed by atoms with Crippen molar-refractivity contribution in [2.75, 3.05) is 20.3 Å². The Morgan fingerprint density at radius 1 is 0.958 bits per heavy atom. The second kappa shape index (κ2) is 21.5. The van der Waals surface area contributed by atoms with Gasteiger partial charge in [0.25, 0.3) is 0 Å². The quantitative estimate of drug-likeness (QED) is 0.0822. The molecule has 3 fully saturated rings. The van der Waals surface area contributed by atoms with Gasteiger partial charge in [-0.3, -0.25) is 4.79 Å². The molecular weight excluding hydrogens is 608 g/mol. The van der Waals surface area contributed by atoms with Gasteiger partial charge in [0, 0.05) is 32.0 Å². The van der Waals surface area contributed by atoms with Crippen LogP contribution < -0.4 is 0 Å². The maximum absolute atomic E-state index is 13.4. The van der Waals surface area contributed by atoms with E-state index in [1.54, 1.807) is 12.1 Å². The SMILES string of the molecule is CCCC[C@H](C)C[C@@H](/C=C/[C@@H]1[C@@H](C/C=C\CCCC(=O)OC)[C@@H](OC2CCCCO2)C[C@H]1OC(=O)c1ccccc1)OC1CCCCO1. The van der Waals surface area contributed by atoms with Gasteiger partial charge in [0.1, 0.15) is 6.10 Å². The van der Waals surface area contributed by atoms with Crippen molar-refractivity contribution in [2.24, 2.45) is 17.8 Å². The molecule has 48 heavy (non-hydrogen) atoms. The molecular formula is C40H60O8. The van der Waals surface area contributed by atoms with Crippen LogP contribution in [0.25, 0.3) is 0 Å². The van der Waals surface area contributed by atoms with E-state index in [2.05, 4.69) is 38.2 Å². The number of carbonyl (C=O) groups is 2. The van der Waals surface area contributed by atoms with Gasteiger partial charge >= 0.3 is 11.9 Å². The fourth-order valence-electron chi connectivity index (χ4n) is 7.09. The number of hydrogen-bond acceptors (Lipinski definition) is 8. The van der Waals surface area contributed by atoms with Gasteiger partial charge in [-0.1, -0.05) is 75.6 Å². The van der Waals surface area contributed by atoms with Crippen molar-refractivity contribution in [2.45, 2.75) is 141 Å². The fourth-order valence-corrected chi connectivity index (χ4v) is 7.09. The second-order valence-corrected chi connectivity index (χ2v) is 13.8. The highest BCUT2D eigenvalue weighted by atomic mass is 16.7. The van der Waals surface area contributed by atoms with Crippen LogP contribution >= 0.6 is 0 Å². The lowest BCUT2D eigenvalue weighted by Crippen LogP contribution is -2.31. The number of rotatable bonds is 19. The molecule has 1 aromatic rings. The molecule has 3 aliphatic rings. The fraction of sp³-hybridized carbons (Fsp3) is 0.700. The highest BCUT2D eigenvalue weighted by Crippen LogP contribution is 2.42. The highest BCUT2D eigenvalue weighted by molar-refractivity contribution is 5.89. The van der Waals surface area contributed by atoms with E-state index in [0.717, 1.165) is 77.2 Å². The van der Waals surface area contributed by atoms with Crippen LogP contribution in [0.15, 0.2) is 54.6 Å². The Kier molecular flexibility index (Phi) is 17.2. The van der Waals surface area contributed by atoms with Gasteiger partial charge < -0.3 is 28.4 Å². The van der Waals surface area contributed by atoms with Crippen molar-refractivity contribution < 1.29 is 38.0 Å². The first-order valence-electron chi connectivity index (χ1n) is 18.7. The molecule has 1 aliphatic carbocycles. The number of methoxy groups -OCH3 is 1. The normalized spacial score (nSPS) is 27.6. The molecule has 0 aromatic heterocycles. The third-order valence-corrected chi connectivity index (χ3v) is 9.85. The number of carbonyl (C=O) groups excluding carboxylic acids is 2. The molecule has 1 aromatic carbocycles. The molecule has 0 N–H and O–H groups in total. The van der Waals surface area contributed by atoms with Crippen LogP contribution in [0.3, 0.4) is 0 Å². The lowest BCUT2D eigenvalue weighted by molar-refractivity contribution is -0.195. The summed E-state index contributed by atoms with van der Waals surface area (Å²) in [6.45, 7) is 5.99. The summed E-state index contributed by atoms with van der Waals surface area (Å²) in [5.41, 5.74) is 0.544. The number of allylic oxidation sites excluding steroid dienone is 2. The van der Waals surface area contributed by atoms with Crippen LogP contribution in [0.4, 0.5) is 0 Å². The predicted octanol–water partition coefficient (Wildman–Crippen LogP) is 8.73. The Morgan fingerprint density at radius 2 is 1.71 bits per heavy atom. The molecule has 0 bridgehead atoms. The van der Waals surface area contributed by atoms with Gasteiger partial charge in [0.2, 0.25) is 0 Å². The maximum atomic E-state index is 13.4. The van der Waals surface area contributed by atoms with Crippen molar-refractivity contribution in [1.82, 2.24) is 0 Å². The summed E-state index contributed by atoms with van der Waals surface area (Å²) in [6.07, 6.45) is 21.6. The summed E-state index contributed by atoms with van der Waals surface area (Å²) in [5.74, 6) is 0.00779. The lowest BCUT2D eigenvalue weighted by Gasteiger charge is -2.30. The average molecular weight is 669 g/mol. The largest absolute Gasteiger partial charge is 0.469 e. The minimum Gasteiger partial charge on any atom is -0.469 e. The van der Waals surface area contributed by atoms with Crippen molar-refractivity contribution in [3.8, 4) is 0 Å².